The van der Waals surface area contributed by atoms with Gasteiger partial charge < -0.3 is 40.3 Å². The monoisotopic (exact) mass is 710 g/mol. The lowest BCUT2D eigenvalue weighted by Gasteiger charge is -2.40. The Morgan fingerprint density at radius 1 is 0.740 bits per heavy atom. The van der Waals surface area contributed by atoms with E-state index >= 15 is 0 Å². The van der Waals surface area contributed by atoms with Gasteiger partial charge in [-0.2, -0.15) is 0 Å². The van der Waals surface area contributed by atoms with Gasteiger partial charge in [0.25, 0.3) is 0 Å². The number of unbranched alkanes of at least 4 members (excludes halogenated alkanes) is 18. The van der Waals surface area contributed by atoms with Gasteiger partial charge in [-0.3, -0.25) is 4.79 Å². The van der Waals surface area contributed by atoms with Gasteiger partial charge in [0.1, 0.15) is 24.4 Å². The number of carbonyl (C=O) groups excluding carboxylic acids is 1. The van der Waals surface area contributed by atoms with Gasteiger partial charge in [-0.15, -0.1) is 0 Å². The number of aliphatic hydroxyl groups is 5. The molecule has 6 N–H and O–H groups in total. The normalized spacial score (nSPS) is 22.8. The average molecular weight is 710 g/mol. The summed E-state index contributed by atoms with van der Waals surface area (Å²) >= 11 is 0. The zero-order chi connectivity index (χ0) is 36.8. The smallest absolute Gasteiger partial charge is 0.220 e. The van der Waals surface area contributed by atoms with Gasteiger partial charge in [0.15, 0.2) is 6.29 Å². The lowest BCUT2D eigenvalue weighted by molar-refractivity contribution is -0.302. The highest BCUT2D eigenvalue weighted by Gasteiger charge is 2.44. The molecule has 7 atom stereocenters. The molecule has 1 aliphatic heterocycles. The number of nitrogens with one attached hydrogen (secondary N) is 1. The molecule has 0 saturated carbocycles. The highest BCUT2D eigenvalue weighted by molar-refractivity contribution is 5.76. The molecule has 9 nitrogen and oxygen atoms in total. The molecule has 1 fully saturated rings. The van der Waals surface area contributed by atoms with E-state index in [4.69, 9.17) is 9.47 Å². The van der Waals surface area contributed by atoms with Gasteiger partial charge >= 0.3 is 0 Å². The molecule has 1 saturated heterocycles. The lowest BCUT2D eigenvalue weighted by atomic mass is 9.99. The third kappa shape index (κ3) is 22.4. The first-order valence-electron chi connectivity index (χ1n) is 20.1. The number of amides is 1. The molecule has 7 unspecified atom stereocenters. The molecule has 9 heteroatoms. The van der Waals surface area contributed by atoms with Crippen molar-refractivity contribution in [2.45, 2.75) is 205 Å². The molecule has 50 heavy (non-hydrogen) atoms. The molecule has 0 radical (unpaired) electrons. The second-order valence-electron chi connectivity index (χ2n) is 14.2. The second-order valence-corrected chi connectivity index (χ2v) is 14.2. The van der Waals surface area contributed by atoms with Crippen molar-refractivity contribution in [3.05, 3.63) is 36.0 Å². The summed E-state index contributed by atoms with van der Waals surface area (Å²) in [5, 5.41) is 54.0. The van der Waals surface area contributed by atoms with Crippen molar-refractivity contribution in [1.82, 2.24) is 5.32 Å². The van der Waals surface area contributed by atoms with Crippen molar-refractivity contribution in [3.8, 4) is 0 Å². The van der Waals surface area contributed by atoms with Crippen LogP contribution in [0.4, 0.5) is 0 Å². The summed E-state index contributed by atoms with van der Waals surface area (Å²) in [4.78, 5) is 12.9. The first kappa shape index (κ1) is 46.4. The van der Waals surface area contributed by atoms with Crippen molar-refractivity contribution in [2.24, 2.45) is 0 Å². The SMILES string of the molecule is CCCCCCCC=CC(C)=CCCC=CC(O)C(COC1OC(CO)C(O)C(O)C1O)NC(=O)CCCCCCCCCCCCCCC. The summed E-state index contributed by atoms with van der Waals surface area (Å²) in [6.07, 6.45) is 27.2. The van der Waals surface area contributed by atoms with Gasteiger partial charge in [0, 0.05) is 6.42 Å². The first-order valence-corrected chi connectivity index (χ1v) is 20.1. The fraction of sp³-hybridized carbons (Fsp3) is 0.829. The van der Waals surface area contributed by atoms with Crippen LogP contribution >= 0.6 is 0 Å². The third-order valence-electron chi connectivity index (χ3n) is 9.54. The summed E-state index contributed by atoms with van der Waals surface area (Å²) in [7, 11) is 0. The third-order valence-corrected chi connectivity index (χ3v) is 9.54. The molecular formula is C41H75NO8. The van der Waals surface area contributed by atoms with E-state index in [-0.39, 0.29) is 12.5 Å². The molecule has 0 spiro atoms. The quantitative estimate of drug-likeness (QED) is 0.0249. The molecule has 0 bridgehead atoms. The predicted molar refractivity (Wildman–Crippen MR) is 203 cm³/mol. The maximum Gasteiger partial charge on any atom is 0.220 e. The Hall–Kier alpha value is -1.59. The highest BCUT2D eigenvalue weighted by atomic mass is 16.7. The minimum absolute atomic E-state index is 0.196. The molecular weight excluding hydrogens is 634 g/mol. The van der Waals surface area contributed by atoms with Crippen LogP contribution in [0.25, 0.3) is 0 Å². The summed E-state index contributed by atoms with van der Waals surface area (Å²) < 4.78 is 11.2. The Kier molecular flexibility index (Phi) is 28.8. The highest BCUT2D eigenvalue weighted by Crippen LogP contribution is 2.22. The second kappa shape index (κ2) is 31.0. The van der Waals surface area contributed by atoms with E-state index in [1.807, 2.05) is 6.08 Å². The number of aliphatic hydroxyl groups excluding tert-OH is 5. The zero-order valence-electron chi connectivity index (χ0n) is 31.9. The maximum absolute atomic E-state index is 12.9. The Morgan fingerprint density at radius 3 is 1.88 bits per heavy atom. The molecule has 0 aromatic rings. The van der Waals surface area contributed by atoms with Crippen molar-refractivity contribution < 1.29 is 39.8 Å². The Bertz CT molecular complexity index is 907. The largest absolute Gasteiger partial charge is 0.394 e. The van der Waals surface area contributed by atoms with E-state index in [0.29, 0.717) is 12.8 Å². The van der Waals surface area contributed by atoms with Gasteiger partial charge in [-0.25, -0.2) is 0 Å². The van der Waals surface area contributed by atoms with Crippen LogP contribution in [0.15, 0.2) is 36.0 Å². The number of allylic oxidation sites excluding steroid dienone is 5. The Balaban J connectivity index is 2.54. The van der Waals surface area contributed by atoms with Crippen LogP contribution in [0.2, 0.25) is 0 Å². The fourth-order valence-corrected chi connectivity index (χ4v) is 6.19. The fourth-order valence-electron chi connectivity index (χ4n) is 6.19. The van der Waals surface area contributed by atoms with Crippen LogP contribution in [0.5, 0.6) is 0 Å². The van der Waals surface area contributed by atoms with Crippen LogP contribution in [0.1, 0.15) is 162 Å². The van der Waals surface area contributed by atoms with E-state index in [0.717, 1.165) is 32.1 Å². The van der Waals surface area contributed by atoms with Crippen molar-refractivity contribution in [2.75, 3.05) is 13.2 Å². The standard InChI is InChI=1S/C41H75NO8/c1-4-6-8-10-12-13-14-15-16-17-19-21-26-30-37(45)42-34(32-49-41-40(48)39(47)38(46)36(31-43)50-41)35(44)29-25-22-24-28-33(3)27-23-20-18-11-9-7-5-2/h23,25,27-29,34-36,38-41,43-44,46-48H,4-22,24,26,30-32H2,1-3H3,(H,42,45). The van der Waals surface area contributed by atoms with Crippen LogP contribution in [0, 0.1) is 0 Å². The van der Waals surface area contributed by atoms with Gasteiger partial charge in [0.2, 0.25) is 5.91 Å². The van der Waals surface area contributed by atoms with Gasteiger partial charge in [-0.1, -0.05) is 153 Å². The lowest BCUT2D eigenvalue weighted by Crippen LogP contribution is -2.60. The van der Waals surface area contributed by atoms with Crippen molar-refractivity contribution >= 4 is 5.91 Å². The van der Waals surface area contributed by atoms with Crippen LogP contribution < -0.4 is 5.32 Å². The summed E-state index contributed by atoms with van der Waals surface area (Å²) in [5.41, 5.74) is 1.21. The number of hydrogen-bond acceptors (Lipinski definition) is 8. The van der Waals surface area contributed by atoms with Crippen molar-refractivity contribution in [3.63, 3.8) is 0 Å². The van der Waals surface area contributed by atoms with E-state index in [1.165, 1.54) is 102 Å². The predicted octanol–water partition coefficient (Wildman–Crippen LogP) is 7.33. The number of hydrogen-bond donors (Lipinski definition) is 6. The average Bonchev–Trinajstić information content (AvgIpc) is 3.11. The topological polar surface area (TPSA) is 149 Å². The molecule has 1 amide bonds. The van der Waals surface area contributed by atoms with Gasteiger partial charge in [-0.05, 0) is 39.0 Å². The Labute approximate surface area is 304 Å². The molecule has 292 valence electrons. The summed E-state index contributed by atoms with van der Waals surface area (Å²) in [5.74, 6) is -0.196. The molecule has 0 aromatic heterocycles. The van der Waals surface area contributed by atoms with Crippen LogP contribution in [0.3, 0.4) is 0 Å². The van der Waals surface area contributed by atoms with E-state index in [9.17, 15) is 30.3 Å². The molecule has 1 rings (SSSR count). The first-order chi connectivity index (χ1) is 24.2. The molecule has 0 aromatic carbocycles. The van der Waals surface area contributed by atoms with Crippen molar-refractivity contribution in [1.29, 1.82) is 0 Å². The summed E-state index contributed by atoms with van der Waals surface area (Å²) in [6.45, 7) is 5.78. The molecule has 0 aliphatic carbocycles. The summed E-state index contributed by atoms with van der Waals surface area (Å²) in [6, 6.07) is -0.828. The maximum atomic E-state index is 12.9. The van der Waals surface area contributed by atoms with E-state index < -0.39 is 49.5 Å². The van der Waals surface area contributed by atoms with Crippen LogP contribution in [-0.2, 0) is 14.3 Å². The molecule has 1 heterocycles. The Morgan fingerprint density at radius 2 is 1.30 bits per heavy atom. The zero-order valence-corrected chi connectivity index (χ0v) is 31.9. The minimum atomic E-state index is -1.57. The van der Waals surface area contributed by atoms with Gasteiger partial charge in [0.05, 0.1) is 25.4 Å². The number of ether oxygens (including phenoxy) is 2. The van der Waals surface area contributed by atoms with Crippen LogP contribution in [-0.4, -0.2) is 87.5 Å². The van der Waals surface area contributed by atoms with E-state index in [2.05, 4.69) is 44.3 Å². The minimum Gasteiger partial charge on any atom is -0.394 e. The number of carbonyl (C=O) groups is 1. The molecule has 1 aliphatic rings. The number of rotatable bonds is 31. The van der Waals surface area contributed by atoms with E-state index in [1.54, 1.807) is 6.08 Å².